The Hall–Kier alpha value is -1.49. The van der Waals surface area contributed by atoms with Crippen LogP contribution in [0.3, 0.4) is 0 Å². The molecule has 2 unspecified atom stereocenters. The lowest BCUT2D eigenvalue weighted by Gasteiger charge is -2.60. The van der Waals surface area contributed by atoms with Gasteiger partial charge in [0.15, 0.2) is 6.61 Å². The molecule has 4 aliphatic carbocycles. The summed E-state index contributed by atoms with van der Waals surface area (Å²) in [5.41, 5.74) is -2.44. The van der Waals surface area contributed by atoms with Gasteiger partial charge in [-0.2, -0.15) is 17.2 Å². The zero-order chi connectivity index (χ0) is 22.6. The maximum absolute atomic E-state index is 13.3. The van der Waals surface area contributed by atoms with Crippen molar-refractivity contribution in [1.82, 2.24) is 0 Å². The van der Waals surface area contributed by atoms with Crippen LogP contribution in [0.1, 0.15) is 65.7 Å². The number of ether oxygens (including phenoxy) is 3. The van der Waals surface area contributed by atoms with Crippen molar-refractivity contribution in [2.24, 2.45) is 17.3 Å². The summed E-state index contributed by atoms with van der Waals surface area (Å²) in [6.07, 6.45) is 2.67. The van der Waals surface area contributed by atoms with Gasteiger partial charge in [0, 0.05) is 6.42 Å². The van der Waals surface area contributed by atoms with E-state index in [-0.39, 0.29) is 24.2 Å². The van der Waals surface area contributed by atoms with Gasteiger partial charge in [0.2, 0.25) is 0 Å². The van der Waals surface area contributed by atoms with Gasteiger partial charge in [0.25, 0.3) is 0 Å². The fourth-order valence-corrected chi connectivity index (χ4v) is 5.45. The third-order valence-corrected chi connectivity index (χ3v) is 7.61. The average molecular weight is 454 g/mol. The van der Waals surface area contributed by atoms with Gasteiger partial charge in [0.1, 0.15) is 11.2 Å². The van der Waals surface area contributed by atoms with E-state index in [0.717, 1.165) is 6.42 Å². The van der Waals surface area contributed by atoms with Gasteiger partial charge < -0.3 is 14.2 Å². The molecule has 172 valence electrons. The maximum Gasteiger partial charge on any atom is 0.509 e. The van der Waals surface area contributed by atoms with Crippen molar-refractivity contribution in [1.29, 1.82) is 0 Å². The summed E-state index contributed by atoms with van der Waals surface area (Å²) < 4.78 is 72.1. The van der Waals surface area contributed by atoms with Crippen molar-refractivity contribution in [2.75, 3.05) is 6.61 Å². The standard InChI is InChI=1S/C19H28F2O8S/c1-4-16(2,3)14(22)28-17-6-12-5-13(7-17)9-18(8-12,10-17)29-15(23)27-11-19(20,21)30(24,25)26/h12-13H,4-11H2,1-3H3,(H,24,25,26). The molecule has 1 N–H and O–H groups in total. The molecule has 2 atom stereocenters. The van der Waals surface area contributed by atoms with Gasteiger partial charge >= 0.3 is 27.5 Å². The first-order valence-electron chi connectivity index (χ1n) is 10.1. The Morgan fingerprint density at radius 2 is 1.57 bits per heavy atom. The summed E-state index contributed by atoms with van der Waals surface area (Å²) in [7, 11) is -5.71. The molecule has 8 nitrogen and oxygen atoms in total. The Balaban J connectivity index is 1.70. The fraction of sp³-hybridized carbons (Fsp3) is 0.895. The molecule has 0 amide bonds. The molecule has 0 heterocycles. The van der Waals surface area contributed by atoms with E-state index >= 15 is 0 Å². The van der Waals surface area contributed by atoms with E-state index in [2.05, 4.69) is 4.74 Å². The highest BCUT2D eigenvalue weighted by Crippen LogP contribution is 2.60. The second kappa shape index (κ2) is 7.29. The zero-order valence-corrected chi connectivity index (χ0v) is 18.1. The first kappa shape index (κ1) is 23.2. The largest absolute Gasteiger partial charge is 0.509 e. The smallest absolute Gasteiger partial charge is 0.458 e. The molecule has 4 fully saturated rings. The topological polar surface area (TPSA) is 116 Å². The highest BCUT2D eigenvalue weighted by atomic mass is 32.2. The summed E-state index contributed by atoms with van der Waals surface area (Å²) in [5.74, 6) is 0.00386. The third-order valence-electron chi connectivity index (χ3n) is 6.73. The lowest BCUT2D eigenvalue weighted by molar-refractivity contribution is -0.229. The van der Waals surface area contributed by atoms with Crippen LogP contribution >= 0.6 is 0 Å². The Morgan fingerprint density at radius 3 is 2.03 bits per heavy atom. The van der Waals surface area contributed by atoms with Crippen molar-refractivity contribution in [3.63, 3.8) is 0 Å². The van der Waals surface area contributed by atoms with Crippen LogP contribution < -0.4 is 0 Å². The van der Waals surface area contributed by atoms with Gasteiger partial charge in [-0.15, -0.1) is 0 Å². The number of carbonyl (C=O) groups is 2. The molecule has 11 heteroatoms. The van der Waals surface area contributed by atoms with Gasteiger partial charge in [-0.1, -0.05) is 6.92 Å². The summed E-state index contributed by atoms with van der Waals surface area (Å²) in [5, 5.41) is -4.63. The molecule has 4 saturated carbocycles. The van der Waals surface area contributed by atoms with Crippen molar-refractivity contribution in [2.45, 2.75) is 82.2 Å². The monoisotopic (exact) mass is 454 g/mol. The van der Waals surface area contributed by atoms with Crippen molar-refractivity contribution < 1.29 is 45.6 Å². The molecule has 4 bridgehead atoms. The van der Waals surface area contributed by atoms with Crippen molar-refractivity contribution >= 4 is 22.2 Å². The van der Waals surface area contributed by atoms with Crippen LogP contribution in [-0.4, -0.2) is 48.2 Å². The highest BCUT2D eigenvalue weighted by Gasteiger charge is 2.62. The molecular formula is C19H28F2O8S. The molecule has 30 heavy (non-hydrogen) atoms. The Morgan fingerprint density at radius 1 is 1.07 bits per heavy atom. The van der Waals surface area contributed by atoms with E-state index in [4.69, 9.17) is 14.0 Å². The highest BCUT2D eigenvalue weighted by molar-refractivity contribution is 7.86. The van der Waals surface area contributed by atoms with Crippen LogP contribution in [0.15, 0.2) is 0 Å². The molecule has 0 aromatic heterocycles. The molecule has 0 aromatic rings. The Kier molecular flexibility index (Phi) is 5.63. The minimum atomic E-state index is -5.71. The van der Waals surface area contributed by atoms with E-state index in [1.165, 1.54) is 0 Å². The van der Waals surface area contributed by atoms with Crippen LogP contribution in [0, 0.1) is 17.3 Å². The van der Waals surface area contributed by atoms with E-state index in [9.17, 15) is 26.8 Å². The molecule has 0 saturated heterocycles. The molecule has 0 radical (unpaired) electrons. The number of hydrogen-bond acceptors (Lipinski definition) is 7. The van der Waals surface area contributed by atoms with Crippen molar-refractivity contribution in [3.8, 4) is 0 Å². The number of alkyl halides is 2. The van der Waals surface area contributed by atoms with Gasteiger partial charge in [-0.25, -0.2) is 4.79 Å². The maximum atomic E-state index is 13.3. The Labute approximate surface area is 174 Å². The van der Waals surface area contributed by atoms with E-state index < -0.39 is 44.8 Å². The van der Waals surface area contributed by atoms with Gasteiger partial charge in [-0.05, 0) is 64.2 Å². The normalized spacial score (nSPS) is 33.3. The quantitative estimate of drug-likeness (QED) is 0.457. The molecule has 0 aromatic carbocycles. The van der Waals surface area contributed by atoms with E-state index in [0.29, 0.717) is 32.1 Å². The minimum absolute atomic E-state index is 0.163. The lowest BCUT2D eigenvalue weighted by Crippen LogP contribution is -2.62. The number of esters is 1. The van der Waals surface area contributed by atoms with E-state index in [1.54, 1.807) is 13.8 Å². The number of rotatable bonds is 7. The first-order chi connectivity index (χ1) is 13.6. The first-order valence-corrected chi connectivity index (χ1v) is 11.5. The number of carbonyl (C=O) groups excluding carboxylic acids is 2. The fourth-order valence-electron chi connectivity index (χ4n) is 5.24. The predicted octanol–water partition coefficient (Wildman–Crippen LogP) is 3.69. The lowest BCUT2D eigenvalue weighted by atomic mass is 9.52. The van der Waals surface area contributed by atoms with Crippen LogP contribution in [0.4, 0.5) is 13.6 Å². The van der Waals surface area contributed by atoms with Gasteiger partial charge in [0.05, 0.1) is 5.41 Å². The SMILES string of the molecule is CCC(C)(C)C(=O)OC12CC3CC(CC(OC(=O)OCC(F)(F)S(=O)(=O)O)(C3)C1)C2. The second-order valence-corrected chi connectivity index (χ2v) is 11.3. The summed E-state index contributed by atoms with van der Waals surface area (Å²) in [6, 6.07) is 0. The Bertz CT molecular complexity index is 808. The predicted molar refractivity (Wildman–Crippen MR) is 99.2 cm³/mol. The van der Waals surface area contributed by atoms with Crippen LogP contribution in [0.2, 0.25) is 0 Å². The van der Waals surface area contributed by atoms with Crippen LogP contribution in [0.5, 0.6) is 0 Å². The summed E-state index contributed by atoms with van der Waals surface area (Å²) in [4.78, 5) is 24.8. The average Bonchev–Trinajstić information content (AvgIpc) is 2.57. The second-order valence-electron chi connectivity index (χ2n) is 9.71. The molecule has 0 aliphatic heterocycles. The van der Waals surface area contributed by atoms with E-state index in [1.807, 2.05) is 6.92 Å². The molecule has 4 rings (SSSR count). The van der Waals surface area contributed by atoms with Crippen molar-refractivity contribution in [3.05, 3.63) is 0 Å². The van der Waals surface area contributed by atoms with Crippen LogP contribution in [-0.2, 0) is 29.1 Å². The third kappa shape index (κ3) is 4.42. The minimum Gasteiger partial charge on any atom is -0.458 e. The van der Waals surface area contributed by atoms with Gasteiger partial charge in [-0.3, -0.25) is 9.35 Å². The van der Waals surface area contributed by atoms with Crippen LogP contribution in [0.25, 0.3) is 0 Å². The molecular weight excluding hydrogens is 426 g/mol. The summed E-state index contributed by atoms with van der Waals surface area (Å²) in [6.45, 7) is 3.64. The zero-order valence-electron chi connectivity index (χ0n) is 17.3. The number of halogens is 2. The number of hydrogen-bond donors (Lipinski definition) is 1. The summed E-state index contributed by atoms with van der Waals surface area (Å²) >= 11 is 0. The molecule has 0 spiro atoms. The molecule has 4 aliphatic rings.